The Hall–Kier alpha value is -3.48. The first-order chi connectivity index (χ1) is 13.1. The van der Waals surface area contributed by atoms with Crippen molar-refractivity contribution in [3.63, 3.8) is 0 Å². The topological polar surface area (TPSA) is 60.5 Å². The highest BCUT2D eigenvalue weighted by atomic mass is 19.1. The van der Waals surface area contributed by atoms with Crippen LogP contribution >= 0.6 is 0 Å². The van der Waals surface area contributed by atoms with Gasteiger partial charge in [-0.15, -0.1) is 0 Å². The number of rotatable bonds is 6. The third kappa shape index (κ3) is 4.38. The fourth-order valence-corrected chi connectivity index (χ4v) is 2.42. The van der Waals surface area contributed by atoms with Crippen LogP contribution in [0.15, 0.2) is 60.9 Å². The van der Waals surface area contributed by atoms with Gasteiger partial charge in [-0.2, -0.15) is 0 Å². The molecule has 3 aromatic rings. The van der Waals surface area contributed by atoms with Crippen LogP contribution in [0.25, 0.3) is 0 Å². The van der Waals surface area contributed by atoms with Crippen molar-refractivity contribution >= 4 is 11.6 Å². The molecular formula is C20H16F2N2O3. The van der Waals surface area contributed by atoms with Gasteiger partial charge in [-0.05, 0) is 42.0 Å². The lowest BCUT2D eigenvalue weighted by Gasteiger charge is -2.13. The molecule has 0 bridgehead atoms. The van der Waals surface area contributed by atoms with Crippen LogP contribution in [-0.4, -0.2) is 18.0 Å². The number of carbonyl (C=O) groups is 1. The smallest absolute Gasteiger partial charge is 0.261 e. The zero-order valence-corrected chi connectivity index (χ0v) is 14.4. The monoisotopic (exact) mass is 370 g/mol. The SMILES string of the molecule is COc1ccc(NC(=O)c2c(F)cccc2F)cc1OCc1ccncc1. The third-order valence-corrected chi connectivity index (χ3v) is 3.76. The van der Waals surface area contributed by atoms with Crippen molar-refractivity contribution in [3.05, 3.63) is 83.7 Å². The maximum atomic E-state index is 13.8. The van der Waals surface area contributed by atoms with Crippen molar-refractivity contribution in [1.82, 2.24) is 4.98 Å². The molecule has 7 heteroatoms. The van der Waals surface area contributed by atoms with Crippen LogP contribution in [0.5, 0.6) is 11.5 Å². The molecule has 0 spiro atoms. The van der Waals surface area contributed by atoms with Crippen LogP contribution in [0.4, 0.5) is 14.5 Å². The molecule has 0 saturated carbocycles. The number of hydrogen-bond acceptors (Lipinski definition) is 4. The molecule has 27 heavy (non-hydrogen) atoms. The van der Waals surface area contributed by atoms with Crippen LogP contribution in [-0.2, 0) is 6.61 Å². The second-order valence-electron chi connectivity index (χ2n) is 5.56. The van der Waals surface area contributed by atoms with Crippen molar-refractivity contribution in [2.45, 2.75) is 6.61 Å². The van der Waals surface area contributed by atoms with E-state index in [4.69, 9.17) is 9.47 Å². The van der Waals surface area contributed by atoms with Crippen LogP contribution in [0, 0.1) is 11.6 Å². The predicted molar refractivity (Wildman–Crippen MR) is 95.9 cm³/mol. The molecule has 0 unspecified atom stereocenters. The Labute approximate surface area is 154 Å². The highest BCUT2D eigenvalue weighted by molar-refractivity contribution is 6.04. The number of pyridine rings is 1. The van der Waals surface area contributed by atoms with E-state index in [0.29, 0.717) is 17.2 Å². The summed E-state index contributed by atoms with van der Waals surface area (Å²) in [6.45, 7) is 0.262. The number of aromatic nitrogens is 1. The van der Waals surface area contributed by atoms with Crippen molar-refractivity contribution in [1.29, 1.82) is 0 Å². The molecule has 0 aliphatic heterocycles. The first-order valence-electron chi connectivity index (χ1n) is 8.03. The lowest BCUT2D eigenvalue weighted by molar-refractivity contribution is 0.101. The van der Waals surface area contributed by atoms with Gasteiger partial charge in [0.25, 0.3) is 5.91 Å². The normalized spacial score (nSPS) is 10.3. The highest BCUT2D eigenvalue weighted by Crippen LogP contribution is 2.31. The molecule has 1 heterocycles. The number of methoxy groups -OCH3 is 1. The van der Waals surface area contributed by atoms with Crippen LogP contribution in [0.2, 0.25) is 0 Å². The molecule has 1 N–H and O–H groups in total. The summed E-state index contributed by atoms with van der Waals surface area (Å²) in [5, 5.41) is 2.47. The maximum absolute atomic E-state index is 13.8. The standard InChI is InChI=1S/C20H16F2N2O3/c1-26-17-6-5-14(11-18(17)27-12-13-7-9-23-10-8-13)24-20(25)19-15(21)3-2-4-16(19)22/h2-11H,12H2,1H3,(H,24,25). The molecule has 138 valence electrons. The van der Waals surface area contributed by atoms with E-state index in [1.807, 2.05) is 0 Å². The van der Waals surface area contributed by atoms with Crippen LogP contribution in [0.1, 0.15) is 15.9 Å². The van der Waals surface area contributed by atoms with Gasteiger partial charge >= 0.3 is 0 Å². The van der Waals surface area contributed by atoms with E-state index in [1.165, 1.54) is 19.2 Å². The Morgan fingerprint density at radius 3 is 2.41 bits per heavy atom. The average Bonchev–Trinajstić information content (AvgIpc) is 2.67. The molecule has 0 saturated heterocycles. The molecule has 1 aromatic heterocycles. The summed E-state index contributed by atoms with van der Waals surface area (Å²) >= 11 is 0. The second-order valence-corrected chi connectivity index (χ2v) is 5.56. The van der Waals surface area contributed by atoms with Crippen molar-refractivity contribution < 1.29 is 23.0 Å². The average molecular weight is 370 g/mol. The molecule has 2 aromatic carbocycles. The molecule has 0 radical (unpaired) electrons. The van der Waals surface area contributed by atoms with E-state index in [-0.39, 0.29) is 6.61 Å². The molecule has 3 rings (SSSR count). The maximum Gasteiger partial charge on any atom is 0.261 e. The number of amides is 1. The fraction of sp³-hybridized carbons (Fsp3) is 0.100. The van der Waals surface area contributed by atoms with Crippen molar-refractivity contribution in [2.24, 2.45) is 0 Å². The lowest BCUT2D eigenvalue weighted by Crippen LogP contribution is -2.16. The number of halogens is 2. The van der Waals surface area contributed by atoms with Gasteiger partial charge < -0.3 is 14.8 Å². The first-order valence-corrected chi connectivity index (χ1v) is 8.03. The Morgan fingerprint density at radius 2 is 1.74 bits per heavy atom. The predicted octanol–water partition coefficient (Wildman–Crippen LogP) is 4.20. The van der Waals surface area contributed by atoms with Crippen LogP contribution < -0.4 is 14.8 Å². The van der Waals surface area contributed by atoms with Gasteiger partial charge in [-0.25, -0.2) is 8.78 Å². The lowest BCUT2D eigenvalue weighted by atomic mass is 10.1. The summed E-state index contributed by atoms with van der Waals surface area (Å²) in [5.41, 5.74) is 0.565. The van der Waals surface area contributed by atoms with E-state index >= 15 is 0 Å². The number of benzene rings is 2. The zero-order valence-electron chi connectivity index (χ0n) is 14.4. The highest BCUT2D eigenvalue weighted by Gasteiger charge is 2.18. The van der Waals surface area contributed by atoms with Gasteiger partial charge in [0.15, 0.2) is 11.5 Å². The minimum Gasteiger partial charge on any atom is -0.493 e. The minimum atomic E-state index is -0.935. The Morgan fingerprint density at radius 1 is 1.04 bits per heavy atom. The number of nitrogens with one attached hydrogen (secondary N) is 1. The molecular weight excluding hydrogens is 354 g/mol. The number of hydrogen-bond donors (Lipinski definition) is 1. The van der Waals surface area contributed by atoms with Crippen molar-refractivity contribution in [3.8, 4) is 11.5 Å². The summed E-state index contributed by atoms with van der Waals surface area (Å²) in [6.07, 6.45) is 3.30. The van der Waals surface area contributed by atoms with Gasteiger partial charge in [-0.3, -0.25) is 9.78 Å². The van der Waals surface area contributed by atoms with E-state index in [2.05, 4.69) is 10.3 Å². The summed E-state index contributed by atoms with van der Waals surface area (Å²) in [5.74, 6) is -1.93. The first kappa shape index (κ1) is 18.3. The van der Waals surface area contributed by atoms with E-state index in [1.54, 1.807) is 36.7 Å². The van der Waals surface area contributed by atoms with Crippen molar-refractivity contribution in [2.75, 3.05) is 12.4 Å². The third-order valence-electron chi connectivity index (χ3n) is 3.76. The quantitative estimate of drug-likeness (QED) is 0.707. The molecule has 0 aliphatic rings. The van der Waals surface area contributed by atoms with Gasteiger partial charge in [0.05, 0.1) is 7.11 Å². The molecule has 0 aliphatic carbocycles. The number of nitrogens with zero attached hydrogens (tertiary/aromatic N) is 1. The summed E-state index contributed by atoms with van der Waals surface area (Å²) < 4.78 is 38.5. The van der Waals surface area contributed by atoms with E-state index < -0.39 is 23.1 Å². The molecule has 0 atom stereocenters. The summed E-state index contributed by atoms with van der Waals surface area (Å²) in [7, 11) is 1.49. The number of carbonyl (C=O) groups excluding carboxylic acids is 1. The minimum absolute atomic E-state index is 0.262. The van der Waals surface area contributed by atoms with E-state index in [9.17, 15) is 13.6 Å². The fourth-order valence-electron chi connectivity index (χ4n) is 2.42. The number of ether oxygens (including phenoxy) is 2. The zero-order chi connectivity index (χ0) is 19.2. The van der Waals surface area contributed by atoms with Gasteiger partial charge in [0.1, 0.15) is 23.8 Å². The molecule has 1 amide bonds. The summed E-state index contributed by atoms with van der Waals surface area (Å²) in [6, 6.07) is 11.5. The molecule has 5 nitrogen and oxygen atoms in total. The number of anilines is 1. The largest absolute Gasteiger partial charge is 0.493 e. The second kappa shape index (κ2) is 8.27. The van der Waals surface area contributed by atoms with Crippen LogP contribution in [0.3, 0.4) is 0 Å². The Balaban J connectivity index is 1.79. The summed E-state index contributed by atoms with van der Waals surface area (Å²) in [4.78, 5) is 16.2. The van der Waals surface area contributed by atoms with Gasteiger partial charge in [-0.1, -0.05) is 6.07 Å². The van der Waals surface area contributed by atoms with E-state index in [0.717, 1.165) is 17.7 Å². The van der Waals surface area contributed by atoms with Gasteiger partial charge in [0.2, 0.25) is 0 Å². The Bertz CT molecular complexity index is 929. The van der Waals surface area contributed by atoms with Gasteiger partial charge in [0, 0.05) is 24.1 Å². The Kier molecular flexibility index (Phi) is 5.61. The molecule has 0 fully saturated rings.